The summed E-state index contributed by atoms with van der Waals surface area (Å²) in [5.74, 6) is -1.11. The van der Waals surface area contributed by atoms with E-state index in [9.17, 15) is 9.59 Å². The van der Waals surface area contributed by atoms with Crippen LogP contribution in [0.5, 0.6) is 0 Å². The molecule has 0 atom stereocenters. The molecule has 0 unspecified atom stereocenters. The number of para-hydroxylation sites is 1. The van der Waals surface area contributed by atoms with Gasteiger partial charge in [-0.15, -0.1) is 0 Å². The molecule has 4 rings (SSSR count). The maximum Gasteiger partial charge on any atom is 0.341 e. The van der Waals surface area contributed by atoms with E-state index in [0.29, 0.717) is 16.4 Å². The number of rotatable bonds is 3. The summed E-state index contributed by atoms with van der Waals surface area (Å²) in [5.41, 5.74) is 1.47. The van der Waals surface area contributed by atoms with Crippen molar-refractivity contribution in [3.63, 3.8) is 0 Å². The van der Waals surface area contributed by atoms with E-state index in [2.05, 4.69) is 4.98 Å². The van der Waals surface area contributed by atoms with E-state index in [4.69, 9.17) is 27.9 Å². The standard InChI is InChI=1S/C20H12Cl2N2O3S/c21-12-7-8-17-15(10-12)24(14-5-1-2-6-16(14)28-17)18(25)11-27-20(26)13-4-3-9-23-19(13)22/h1-10H,11H2. The highest BCUT2D eigenvalue weighted by Gasteiger charge is 2.29. The molecule has 0 bridgehead atoms. The van der Waals surface area contributed by atoms with E-state index in [1.807, 2.05) is 30.3 Å². The molecule has 0 saturated heterocycles. The lowest BCUT2D eigenvalue weighted by Gasteiger charge is -2.31. The largest absolute Gasteiger partial charge is 0.452 e. The number of hydrogen-bond donors (Lipinski definition) is 0. The first-order valence-electron chi connectivity index (χ1n) is 8.21. The zero-order valence-electron chi connectivity index (χ0n) is 14.3. The van der Waals surface area contributed by atoms with Crippen LogP contribution in [0.3, 0.4) is 0 Å². The predicted molar refractivity (Wildman–Crippen MR) is 109 cm³/mol. The van der Waals surface area contributed by atoms with Gasteiger partial charge in [0.25, 0.3) is 5.91 Å². The Balaban J connectivity index is 1.61. The molecule has 1 aliphatic heterocycles. The number of anilines is 2. The van der Waals surface area contributed by atoms with E-state index in [1.54, 1.807) is 30.0 Å². The molecule has 140 valence electrons. The summed E-state index contributed by atoms with van der Waals surface area (Å²) in [5, 5.41) is 0.535. The van der Waals surface area contributed by atoms with Gasteiger partial charge in [0.15, 0.2) is 6.61 Å². The van der Waals surface area contributed by atoms with Crippen LogP contribution in [0.15, 0.2) is 70.6 Å². The number of aromatic nitrogens is 1. The Morgan fingerprint density at radius 3 is 2.61 bits per heavy atom. The Bertz CT molecular complexity index is 1090. The van der Waals surface area contributed by atoms with Crippen LogP contribution in [0.25, 0.3) is 0 Å². The van der Waals surface area contributed by atoms with Crippen molar-refractivity contribution < 1.29 is 14.3 Å². The minimum Gasteiger partial charge on any atom is -0.452 e. The minimum absolute atomic E-state index is 0.0248. The molecule has 0 N–H and O–H groups in total. The fourth-order valence-corrected chi connectivity index (χ4v) is 4.21. The van der Waals surface area contributed by atoms with Gasteiger partial charge >= 0.3 is 5.97 Å². The third-order valence-electron chi connectivity index (χ3n) is 4.04. The summed E-state index contributed by atoms with van der Waals surface area (Å²) in [6.07, 6.45) is 1.47. The van der Waals surface area contributed by atoms with Crippen molar-refractivity contribution in [1.82, 2.24) is 4.98 Å². The van der Waals surface area contributed by atoms with E-state index >= 15 is 0 Å². The second kappa shape index (κ2) is 7.83. The van der Waals surface area contributed by atoms with Crippen LogP contribution in [0, 0.1) is 0 Å². The Kier molecular flexibility index (Phi) is 5.26. The maximum absolute atomic E-state index is 13.0. The van der Waals surface area contributed by atoms with E-state index in [0.717, 1.165) is 9.79 Å². The van der Waals surface area contributed by atoms with Crippen molar-refractivity contribution in [3.8, 4) is 0 Å². The van der Waals surface area contributed by atoms with Crippen LogP contribution >= 0.6 is 35.0 Å². The van der Waals surface area contributed by atoms with Gasteiger partial charge in [-0.1, -0.05) is 47.1 Å². The number of carbonyl (C=O) groups excluding carboxylic acids is 2. The van der Waals surface area contributed by atoms with Crippen LogP contribution in [0.1, 0.15) is 10.4 Å². The summed E-state index contributed by atoms with van der Waals surface area (Å²) in [6, 6.07) is 15.9. The van der Waals surface area contributed by atoms with Crippen molar-refractivity contribution in [1.29, 1.82) is 0 Å². The zero-order chi connectivity index (χ0) is 19.7. The smallest absolute Gasteiger partial charge is 0.341 e. The van der Waals surface area contributed by atoms with Crippen LogP contribution in [-0.4, -0.2) is 23.5 Å². The molecule has 0 saturated carbocycles. The lowest BCUT2D eigenvalue weighted by atomic mass is 10.2. The first kappa shape index (κ1) is 18.8. The van der Waals surface area contributed by atoms with Gasteiger partial charge in [0, 0.05) is 21.0 Å². The number of pyridine rings is 1. The summed E-state index contributed by atoms with van der Waals surface area (Å²) in [7, 11) is 0. The number of ether oxygens (including phenoxy) is 1. The summed E-state index contributed by atoms with van der Waals surface area (Å²) < 4.78 is 5.19. The summed E-state index contributed by atoms with van der Waals surface area (Å²) in [4.78, 5) is 32.4. The molecule has 1 aliphatic rings. The van der Waals surface area contributed by atoms with E-state index in [-0.39, 0.29) is 10.7 Å². The van der Waals surface area contributed by atoms with Gasteiger partial charge < -0.3 is 4.74 Å². The number of esters is 1. The van der Waals surface area contributed by atoms with Crippen LogP contribution in [0.4, 0.5) is 11.4 Å². The van der Waals surface area contributed by atoms with Crippen LogP contribution in [0.2, 0.25) is 10.2 Å². The molecule has 0 aliphatic carbocycles. The molecule has 3 aromatic rings. The van der Waals surface area contributed by atoms with Crippen molar-refractivity contribution in [2.24, 2.45) is 0 Å². The summed E-state index contributed by atoms with van der Waals surface area (Å²) >= 11 is 13.6. The number of nitrogens with zero attached hydrogens (tertiary/aromatic N) is 2. The average Bonchev–Trinajstić information content (AvgIpc) is 2.70. The lowest BCUT2D eigenvalue weighted by Crippen LogP contribution is -2.32. The van der Waals surface area contributed by atoms with Crippen LogP contribution in [-0.2, 0) is 9.53 Å². The minimum atomic E-state index is -0.711. The Morgan fingerprint density at radius 2 is 1.79 bits per heavy atom. The quantitative estimate of drug-likeness (QED) is 0.412. The van der Waals surface area contributed by atoms with Crippen molar-refractivity contribution in [2.45, 2.75) is 9.79 Å². The third-order valence-corrected chi connectivity index (χ3v) is 5.71. The topological polar surface area (TPSA) is 59.5 Å². The van der Waals surface area contributed by atoms with Gasteiger partial charge in [-0.05, 0) is 42.5 Å². The molecule has 0 spiro atoms. The molecule has 0 radical (unpaired) electrons. The highest BCUT2D eigenvalue weighted by molar-refractivity contribution is 7.99. The lowest BCUT2D eigenvalue weighted by molar-refractivity contribution is -0.121. The molecule has 2 aromatic carbocycles. The Labute approximate surface area is 175 Å². The normalized spacial score (nSPS) is 12.1. The second-order valence-corrected chi connectivity index (χ2v) is 7.71. The number of carbonyl (C=O) groups is 2. The van der Waals surface area contributed by atoms with Gasteiger partial charge in [0.1, 0.15) is 5.15 Å². The molecule has 1 aromatic heterocycles. The SMILES string of the molecule is O=C(OCC(=O)N1c2ccccc2Sc2ccc(Cl)cc21)c1cccnc1Cl. The summed E-state index contributed by atoms with van der Waals surface area (Å²) in [6.45, 7) is -0.449. The number of fused-ring (bicyclic) bond motifs is 2. The van der Waals surface area contributed by atoms with Crippen molar-refractivity contribution in [3.05, 3.63) is 76.5 Å². The van der Waals surface area contributed by atoms with Crippen molar-refractivity contribution in [2.75, 3.05) is 11.5 Å². The van der Waals surface area contributed by atoms with Gasteiger partial charge in [0.05, 0.1) is 16.9 Å². The monoisotopic (exact) mass is 430 g/mol. The first-order valence-corrected chi connectivity index (χ1v) is 9.79. The highest BCUT2D eigenvalue weighted by Crippen LogP contribution is 2.48. The zero-order valence-corrected chi connectivity index (χ0v) is 16.6. The molecule has 0 fully saturated rings. The molecular weight excluding hydrogens is 419 g/mol. The molecule has 1 amide bonds. The van der Waals surface area contributed by atoms with Gasteiger partial charge in [-0.2, -0.15) is 0 Å². The molecule has 28 heavy (non-hydrogen) atoms. The maximum atomic E-state index is 13.0. The van der Waals surface area contributed by atoms with Gasteiger partial charge in [0.2, 0.25) is 0 Å². The Hall–Kier alpha value is -2.54. The fraction of sp³-hybridized carbons (Fsp3) is 0.0500. The van der Waals surface area contributed by atoms with Gasteiger partial charge in [-0.3, -0.25) is 9.69 Å². The predicted octanol–water partition coefficient (Wildman–Crippen LogP) is 5.37. The van der Waals surface area contributed by atoms with E-state index in [1.165, 1.54) is 17.2 Å². The van der Waals surface area contributed by atoms with E-state index < -0.39 is 18.5 Å². The fourth-order valence-electron chi connectivity index (χ4n) is 2.80. The molecular formula is C20H12Cl2N2O3S. The number of benzene rings is 2. The van der Waals surface area contributed by atoms with Crippen LogP contribution < -0.4 is 4.90 Å². The molecule has 8 heteroatoms. The number of halogens is 2. The Morgan fingerprint density at radius 1 is 1.00 bits per heavy atom. The molecule has 2 heterocycles. The highest BCUT2D eigenvalue weighted by atomic mass is 35.5. The first-order chi connectivity index (χ1) is 13.5. The number of hydrogen-bond acceptors (Lipinski definition) is 5. The second-order valence-electron chi connectivity index (χ2n) is 5.83. The average molecular weight is 431 g/mol. The third kappa shape index (κ3) is 3.58. The number of amides is 1. The molecule has 5 nitrogen and oxygen atoms in total. The van der Waals surface area contributed by atoms with Crippen molar-refractivity contribution >= 4 is 58.2 Å². The van der Waals surface area contributed by atoms with Gasteiger partial charge in [-0.25, -0.2) is 9.78 Å².